The van der Waals surface area contributed by atoms with Crippen LogP contribution in [0.4, 0.5) is 0 Å². The quantitative estimate of drug-likeness (QED) is 0.878. The highest BCUT2D eigenvalue weighted by atomic mass is 79.9. The first kappa shape index (κ1) is 11.5. The van der Waals surface area contributed by atoms with E-state index in [1.807, 2.05) is 13.8 Å². The van der Waals surface area contributed by atoms with Crippen LogP contribution in [0.1, 0.15) is 25.8 Å². The van der Waals surface area contributed by atoms with E-state index >= 15 is 0 Å². The molecule has 86 valence electrons. The number of aromatic hydroxyl groups is 1. The number of carboxylic acids is 1. The van der Waals surface area contributed by atoms with E-state index in [0.29, 0.717) is 16.5 Å². The standard InChI is InChI=1S/C12H13BrO3/c1-11(2)6-12(11,10(15)16)7-4-3-5-8(13)9(7)14/h3-5,14H,6H2,1-2H3,(H,15,16). The third kappa shape index (κ3) is 1.29. The number of carboxylic acid groups (broad SMARTS) is 1. The Balaban J connectivity index is 2.60. The fraction of sp³-hybridized carbons (Fsp3) is 0.417. The molecule has 1 fully saturated rings. The molecular formula is C12H13BrO3. The largest absolute Gasteiger partial charge is 0.506 e. The number of halogens is 1. The second-order valence-corrected chi connectivity index (χ2v) is 5.76. The van der Waals surface area contributed by atoms with Gasteiger partial charge in [-0.3, -0.25) is 4.79 Å². The van der Waals surface area contributed by atoms with Crippen molar-refractivity contribution in [3.05, 3.63) is 28.2 Å². The summed E-state index contributed by atoms with van der Waals surface area (Å²) in [6, 6.07) is 5.13. The van der Waals surface area contributed by atoms with Gasteiger partial charge in [0.15, 0.2) is 0 Å². The Morgan fingerprint density at radius 2 is 2.00 bits per heavy atom. The van der Waals surface area contributed by atoms with Crippen molar-refractivity contribution in [1.82, 2.24) is 0 Å². The monoisotopic (exact) mass is 284 g/mol. The average molecular weight is 285 g/mol. The second-order valence-electron chi connectivity index (χ2n) is 4.91. The Morgan fingerprint density at radius 1 is 1.44 bits per heavy atom. The molecule has 1 aromatic carbocycles. The molecule has 1 saturated carbocycles. The molecule has 0 heterocycles. The highest BCUT2D eigenvalue weighted by Crippen LogP contribution is 2.66. The van der Waals surface area contributed by atoms with Gasteiger partial charge in [0.2, 0.25) is 0 Å². The van der Waals surface area contributed by atoms with Gasteiger partial charge in [-0.2, -0.15) is 0 Å². The summed E-state index contributed by atoms with van der Waals surface area (Å²) in [5.41, 5.74) is -0.753. The highest BCUT2D eigenvalue weighted by Gasteiger charge is 2.68. The fourth-order valence-electron chi connectivity index (χ4n) is 2.42. The molecule has 0 spiro atoms. The maximum Gasteiger partial charge on any atom is 0.314 e. The number of rotatable bonds is 2. The van der Waals surface area contributed by atoms with Crippen LogP contribution in [0.15, 0.2) is 22.7 Å². The van der Waals surface area contributed by atoms with Crippen molar-refractivity contribution in [2.45, 2.75) is 25.7 Å². The molecule has 0 radical (unpaired) electrons. The van der Waals surface area contributed by atoms with Gasteiger partial charge in [0.05, 0.1) is 4.47 Å². The molecule has 1 unspecified atom stereocenters. The minimum Gasteiger partial charge on any atom is -0.506 e. The summed E-state index contributed by atoms with van der Waals surface area (Å²) < 4.78 is 0.535. The second kappa shape index (κ2) is 3.23. The van der Waals surface area contributed by atoms with Crippen LogP contribution in [0.25, 0.3) is 0 Å². The molecule has 2 N–H and O–H groups in total. The van der Waals surface area contributed by atoms with Crippen molar-refractivity contribution in [2.75, 3.05) is 0 Å². The van der Waals surface area contributed by atoms with Crippen molar-refractivity contribution in [2.24, 2.45) is 5.41 Å². The van der Waals surface area contributed by atoms with E-state index in [-0.39, 0.29) is 11.2 Å². The van der Waals surface area contributed by atoms with Crippen LogP contribution in [-0.4, -0.2) is 16.2 Å². The highest BCUT2D eigenvalue weighted by molar-refractivity contribution is 9.10. The lowest BCUT2D eigenvalue weighted by molar-refractivity contribution is -0.141. The zero-order valence-corrected chi connectivity index (χ0v) is 10.7. The minimum absolute atomic E-state index is 0.0375. The number of aliphatic carboxylic acids is 1. The van der Waals surface area contributed by atoms with Crippen molar-refractivity contribution >= 4 is 21.9 Å². The van der Waals surface area contributed by atoms with Gasteiger partial charge in [0.1, 0.15) is 11.2 Å². The molecule has 0 aromatic heterocycles. The van der Waals surface area contributed by atoms with Crippen molar-refractivity contribution in [3.63, 3.8) is 0 Å². The Morgan fingerprint density at radius 3 is 2.44 bits per heavy atom. The Bertz CT molecular complexity index is 467. The summed E-state index contributed by atoms with van der Waals surface area (Å²) in [7, 11) is 0. The summed E-state index contributed by atoms with van der Waals surface area (Å²) in [5.74, 6) is -0.832. The van der Waals surface area contributed by atoms with Crippen LogP contribution in [-0.2, 0) is 10.2 Å². The predicted octanol–water partition coefficient (Wildman–Crippen LogP) is 2.91. The first-order valence-electron chi connectivity index (χ1n) is 5.04. The van der Waals surface area contributed by atoms with Gasteiger partial charge in [-0.05, 0) is 33.8 Å². The van der Waals surface area contributed by atoms with E-state index < -0.39 is 11.4 Å². The predicted molar refractivity (Wildman–Crippen MR) is 63.5 cm³/mol. The minimum atomic E-state index is -0.944. The summed E-state index contributed by atoms with van der Waals surface area (Å²) in [4.78, 5) is 11.4. The molecule has 16 heavy (non-hydrogen) atoms. The average Bonchev–Trinajstić information content (AvgIpc) is 2.75. The maximum atomic E-state index is 11.4. The fourth-order valence-corrected chi connectivity index (χ4v) is 2.78. The third-order valence-electron chi connectivity index (χ3n) is 3.55. The molecule has 0 bridgehead atoms. The number of benzene rings is 1. The number of phenols is 1. The number of hydrogen-bond acceptors (Lipinski definition) is 2. The Hall–Kier alpha value is -1.03. The lowest BCUT2D eigenvalue weighted by Crippen LogP contribution is -2.25. The van der Waals surface area contributed by atoms with Crippen LogP contribution in [0.2, 0.25) is 0 Å². The Kier molecular flexibility index (Phi) is 2.31. The number of carbonyl (C=O) groups is 1. The molecule has 2 rings (SSSR count). The van der Waals surface area contributed by atoms with Gasteiger partial charge in [-0.15, -0.1) is 0 Å². The lowest BCUT2D eigenvalue weighted by atomic mass is 9.87. The van der Waals surface area contributed by atoms with Crippen molar-refractivity contribution < 1.29 is 15.0 Å². The van der Waals surface area contributed by atoms with Gasteiger partial charge in [-0.1, -0.05) is 26.0 Å². The first-order chi connectivity index (χ1) is 7.33. The molecule has 3 nitrogen and oxygen atoms in total. The van der Waals surface area contributed by atoms with Crippen LogP contribution >= 0.6 is 15.9 Å². The Labute approximate surface area is 102 Å². The number of hydrogen-bond donors (Lipinski definition) is 2. The number of para-hydroxylation sites is 1. The molecule has 0 aliphatic heterocycles. The molecule has 0 saturated heterocycles. The lowest BCUT2D eigenvalue weighted by Gasteiger charge is -2.18. The third-order valence-corrected chi connectivity index (χ3v) is 4.19. The van der Waals surface area contributed by atoms with Crippen LogP contribution in [0, 0.1) is 5.41 Å². The maximum absolute atomic E-state index is 11.4. The first-order valence-corrected chi connectivity index (χ1v) is 5.83. The molecular weight excluding hydrogens is 272 g/mol. The summed E-state index contributed by atoms with van der Waals surface area (Å²) in [6.45, 7) is 3.81. The van der Waals surface area contributed by atoms with E-state index in [9.17, 15) is 15.0 Å². The van der Waals surface area contributed by atoms with E-state index in [1.54, 1.807) is 18.2 Å². The van der Waals surface area contributed by atoms with Gasteiger partial charge < -0.3 is 10.2 Å². The van der Waals surface area contributed by atoms with Gasteiger partial charge >= 0.3 is 5.97 Å². The summed E-state index contributed by atoms with van der Waals surface area (Å²) >= 11 is 3.21. The molecule has 1 aliphatic carbocycles. The molecule has 1 aromatic rings. The summed E-state index contributed by atoms with van der Waals surface area (Å²) in [6.07, 6.45) is 0.555. The molecule has 0 amide bonds. The molecule has 4 heteroatoms. The van der Waals surface area contributed by atoms with Gasteiger partial charge in [0, 0.05) is 5.56 Å². The topological polar surface area (TPSA) is 57.5 Å². The van der Waals surface area contributed by atoms with E-state index in [1.165, 1.54) is 0 Å². The van der Waals surface area contributed by atoms with E-state index in [2.05, 4.69) is 15.9 Å². The smallest absolute Gasteiger partial charge is 0.314 e. The molecule has 1 atom stereocenters. The van der Waals surface area contributed by atoms with E-state index in [0.717, 1.165) is 0 Å². The zero-order valence-electron chi connectivity index (χ0n) is 9.12. The van der Waals surface area contributed by atoms with E-state index in [4.69, 9.17) is 0 Å². The SMILES string of the molecule is CC1(C)CC1(C(=O)O)c1cccc(Br)c1O. The normalized spacial score (nSPS) is 26.4. The van der Waals surface area contributed by atoms with Crippen LogP contribution in [0.3, 0.4) is 0 Å². The van der Waals surface area contributed by atoms with Crippen LogP contribution < -0.4 is 0 Å². The zero-order chi connectivity index (χ0) is 12.1. The van der Waals surface area contributed by atoms with Gasteiger partial charge in [0.25, 0.3) is 0 Å². The number of phenolic OH excluding ortho intramolecular Hbond substituents is 1. The van der Waals surface area contributed by atoms with Crippen molar-refractivity contribution in [3.8, 4) is 5.75 Å². The van der Waals surface area contributed by atoms with Crippen LogP contribution in [0.5, 0.6) is 5.75 Å². The molecule has 1 aliphatic rings. The summed E-state index contributed by atoms with van der Waals surface area (Å²) in [5, 5.41) is 19.3. The van der Waals surface area contributed by atoms with Gasteiger partial charge in [-0.25, -0.2) is 0 Å². The van der Waals surface area contributed by atoms with Crippen molar-refractivity contribution in [1.29, 1.82) is 0 Å².